The maximum Gasteiger partial charge on any atom is 0.0957 e. The van der Waals surface area contributed by atoms with Crippen molar-refractivity contribution in [3.05, 3.63) is 59.7 Å². The molecule has 0 aromatic heterocycles. The quantitative estimate of drug-likeness (QED) is 0.900. The van der Waals surface area contributed by atoms with Crippen LogP contribution in [-0.4, -0.2) is 6.04 Å². The Morgan fingerprint density at radius 3 is 2.05 bits per heavy atom. The number of hydrogen-bond acceptors (Lipinski definition) is 2. The van der Waals surface area contributed by atoms with Gasteiger partial charge in [-0.15, -0.1) is 0 Å². The molecule has 2 aromatic rings. The number of nitrogens with zero attached hydrogens (tertiary/aromatic N) is 1. The van der Waals surface area contributed by atoms with Gasteiger partial charge >= 0.3 is 0 Å². The molecule has 0 radical (unpaired) electrons. The van der Waals surface area contributed by atoms with Crippen LogP contribution in [0.4, 0.5) is 0 Å². The molecule has 0 saturated heterocycles. The molecule has 2 aromatic carbocycles. The first-order valence-electron chi connectivity index (χ1n) is 6.69. The van der Waals surface area contributed by atoms with E-state index in [-0.39, 0.29) is 12.1 Å². The first-order chi connectivity index (χ1) is 9.35. The van der Waals surface area contributed by atoms with E-state index >= 15 is 0 Å². The van der Waals surface area contributed by atoms with Crippen molar-refractivity contribution >= 4 is 0 Å². The molecule has 0 fully saturated rings. The summed E-state index contributed by atoms with van der Waals surface area (Å²) in [6.45, 7) is 2.04. The Balaban J connectivity index is 2.08. The average Bonchev–Trinajstić information content (AvgIpc) is 2.79. The van der Waals surface area contributed by atoms with Crippen LogP contribution >= 0.6 is 0 Å². The van der Waals surface area contributed by atoms with Crippen molar-refractivity contribution in [1.82, 2.24) is 5.32 Å². The van der Waals surface area contributed by atoms with E-state index in [0.717, 1.165) is 6.42 Å². The van der Waals surface area contributed by atoms with Gasteiger partial charge in [-0.1, -0.05) is 55.5 Å². The first-order valence-corrected chi connectivity index (χ1v) is 6.69. The Bertz CT molecular complexity index is 594. The number of nitriles is 1. The number of fused-ring (bicyclic) bond motifs is 3. The molecule has 1 aliphatic carbocycles. The smallest absolute Gasteiger partial charge is 0.0957 e. The van der Waals surface area contributed by atoms with Crippen LogP contribution in [0.5, 0.6) is 0 Å². The molecule has 0 spiro atoms. The van der Waals surface area contributed by atoms with E-state index in [2.05, 4.69) is 59.9 Å². The van der Waals surface area contributed by atoms with E-state index in [1.54, 1.807) is 0 Å². The van der Waals surface area contributed by atoms with Crippen LogP contribution < -0.4 is 5.32 Å². The van der Waals surface area contributed by atoms with Crippen molar-refractivity contribution in [3.8, 4) is 17.2 Å². The second-order valence-electron chi connectivity index (χ2n) is 4.86. The highest BCUT2D eigenvalue weighted by Crippen LogP contribution is 2.43. The van der Waals surface area contributed by atoms with E-state index in [0.29, 0.717) is 0 Å². The summed E-state index contributed by atoms with van der Waals surface area (Å²) in [5, 5.41) is 12.6. The average molecular weight is 248 g/mol. The minimum atomic E-state index is -0.107. The van der Waals surface area contributed by atoms with Crippen molar-refractivity contribution in [1.29, 1.82) is 5.26 Å². The van der Waals surface area contributed by atoms with Crippen LogP contribution in [0, 0.1) is 11.3 Å². The zero-order valence-electron chi connectivity index (χ0n) is 10.9. The number of rotatable bonds is 3. The van der Waals surface area contributed by atoms with Crippen LogP contribution in [-0.2, 0) is 0 Å². The van der Waals surface area contributed by atoms with Gasteiger partial charge in [0.15, 0.2) is 0 Å². The molecule has 1 atom stereocenters. The predicted molar refractivity (Wildman–Crippen MR) is 76.5 cm³/mol. The third-order valence-electron chi connectivity index (χ3n) is 3.77. The second kappa shape index (κ2) is 4.87. The molecule has 0 saturated carbocycles. The highest BCUT2D eigenvalue weighted by Gasteiger charge is 2.28. The molecule has 1 aliphatic rings. The Kier molecular flexibility index (Phi) is 3.06. The molecule has 19 heavy (non-hydrogen) atoms. The molecule has 2 heteroatoms. The summed E-state index contributed by atoms with van der Waals surface area (Å²) in [6, 6.07) is 19.2. The molecule has 94 valence electrons. The Morgan fingerprint density at radius 1 is 1.05 bits per heavy atom. The molecule has 3 rings (SSSR count). The topological polar surface area (TPSA) is 35.8 Å². The van der Waals surface area contributed by atoms with Crippen molar-refractivity contribution in [2.45, 2.75) is 25.4 Å². The zero-order valence-corrected chi connectivity index (χ0v) is 10.9. The lowest BCUT2D eigenvalue weighted by atomic mass is 10.0. The van der Waals surface area contributed by atoms with Crippen molar-refractivity contribution in [3.63, 3.8) is 0 Å². The van der Waals surface area contributed by atoms with Crippen LogP contribution in [0.3, 0.4) is 0 Å². The zero-order chi connectivity index (χ0) is 13.2. The number of nitrogens with one attached hydrogen (secondary N) is 1. The van der Waals surface area contributed by atoms with E-state index in [1.165, 1.54) is 22.3 Å². The lowest BCUT2D eigenvalue weighted by Gasteiger charge is -2.18. The van der Waals surface area contributed by atoms with Gasteiger partial charge in [-0.2, -0.15) is 5.26 Å². The lowest BCUT2D eigenvalue weighted by Crippen LogP contribution is -2.30. The molecule has 0 amide bonds. The lowest BCUT2D eigenvalue weighted by molar-refractivity contribution is 0.537. The van der Waals surface area contributed by atoms with Crippen LogP contribution in [0.2, 0.25) is 0 Å². The molecule has 0 aliphatic heterocycles. The van der Waals surface area contributed by atoms with Gasteiger partial charge in [-0.25, -0.2) is 0 Å². The van der Waals surface area contributed by atoms with Crippen molar-refractivity contribution in [2.75, 3.05) is 0 Å². The Labute approximate surface area is 113 Å². The summed E-state index contributed by atoms with van der Waals surface area (Å²) < 4.78 is 0. The Hall–Kier alpha value is -2.11. The Morgan fingerprint density at radius 2 is 1.58 bits per heavy atom. The van der Waals surface area contributed by atoms with Crippen LogP contribution in [0.15, 0.2) is 48.5 Å². The van der Waals surface area contributed by atoms with E-state index in [9.17, 15) is 0 Å². The normalized spacial score (nSPS) is 14.5. The molecule has 0 heterocycles. The minimum absolute atomic E-state index is 0.107. The van der Waals surface area contributed by atoms with E-state index in [1.807, 2.05) is 6.92 Å². The third kappa shape index (κ3) is 1.93. The maximum absolute atomic E-state index is 9.17. The van der Waals surface area contributed by atoms with Gasteiger partial charge < -0.3 is 0 Å². The fourth-order valence-electron chi connectivity index (χ4n) is 2.78. The standard InChI is InChI=1S/C17H16N2/c1-2-12(11-18)19-17-15-9-5-3-7-13(15)14-8-4-6-10-16(14)17/h3-10,12,17,19H,2H2,1H3/t12-/m1/s1. The van der Waals surface area contributed by atoms with Crippen LogP contribution in [0.25, 0.3) is 11.1 Å². The van der Waals surface area contributed by atoms with Gasteiger partial charge in [0.25, 0.3) is 0 Å². The molecular formula is C17H16N2. The van der Waals surface area contributed by atoms with Gasteiger partial charge in [-0.05, 0) is 28.7 Å². The number of benzene rings is 2. The van der Waals surface area contributed by atoms with Gasteiger partial charge in [0.1, 0.15) is 0 Å². The van der Waals surface area contributed by atoms with Gasteiger partial charge in [0.05, 0.1) is 18.2 Å². The van der Waals surface area contributed by atoms with Gasteiger partial charge in [0.2, 0.25) is 0 Å². The maximum atomic E-state index is 9.17. The highest BCUT2D eigenvalue weighted by molar-refractivity contribution is 5.78. The molecule has 0 bridgehead atoms. The van der Waals surface area contributed by atoms with Gasteiger partial charge in [-0.3, -0.25) is 5.32 Å². The van der Waals surface area contributed by atoms with E-state index in [4.69, 9.17) is 5.26 Å². The molecule has 2 nitrogen and oxygen atoms in total. The fourth-order valence-corrected chi connectivity index (χ4v) is 2.78. The largest absolute Gasteiger partial charge is 0.291 e. The highest BCUT2D eigenvalue weighted by atomic mass is 15.0. The second-order valence-corrected chi connectivity index (χ2v) is 4.86. The van der Waals surface area contributed by atoms with Crippen molar-refractivity contribution in [2.24, 2.45) is 0 Å². The van der Waals surface area contributed by atoms with Crippen LogP contribution in [0.1, 0.15) is 30.5 Å². The summed E-state index contributed by atoms with van der Waals surface area (Å²) in [5.41, 5.74) is 5.11. The third-order valence-corrected chi connectivity index (χ3v) is 3.77. The molecule has 1 N–H and O–H groups in total. The fraction of sp³-hybridized carbons (Fsp3) is 0.235. The summed E-state index contributed by atoms with van der Waals surface area (Å²) in [5.74, 6) is 0. The monoisotopic (exact) mass is 248 g/mol. The predicted octanol–water partition coefficient (Wildman–Crippen LogP) is 3.65. The molecule has 0 unspecified atom stereocenters. The van der Waals surface area contributed by atoms with Crippen molar-refractivity contribution < 1.29 is 0 Å². The minimum Gasteiger partial charge on any atom is -0.291 e. The summed E-state index contributed by atoms with van der Waals surface area (Å²) in [6.07, 6.45) is 0.817. The van der Waals surface area contributed by atoms with Gasteiger partial charge in [0, 0.05) is 0 Å². The summed E-state index contributed by atoms with van der Waals surface area (Å²) in [7, 11) is 0. The van der Waals surface area contributed by atoms with E-state index < -0.39 is 0 Å². The first kappa shape index (κ1) is 12.0. The summed E-state index contributed by atoms with van der Waals surface area (Å²) >= 11 is 0. The number of hydrogen-bond donors (Lipinski definition) is 1. The molecular weight excluding hydrogens is 232 g/mol. The summed E-state index contributed by atoms with van der Waals surface area (Å²) in [4.78, 5) is 0. The SMILES string of the molecule is CC[C@H](C#N)NC1c2ccccc2-c2ccccc21.